The zero-order valence-electron chi connectivity index (χ0n) is 16.3. The summed E-state index contributed by atoms with van der Waals surface area (Å²) in [6.45, 7) is 0.903. The van der Waals surface area contributed by atoms with Crippen LogP contribution in [0.3, 0.4) is 0 Å². The first-order valence-corrected chi connectivity index (χ1v) is 10.7. The molecular weight excluding hydrogens is 426 g/mol. The number of hydrogen-bond acceptors (Lipinski definition) is 6. The van der Waals surface area contributed by atoms with Crippen molar-refractivity contribution in [1.29, 1.82) is 0 Å². The number of methoxy groups -OCH3 is 1. The molecule has 0 bridgehead atoms. The zero-order valence-corrected chi connectivity index (χ0v) is 17.9. The van der Waals surface area contributed by atoms with Gasteiger partial charge in [-0.05, 0) is 30.5 Å². The van der Waals surface area contributed by atoms with Crippen molar-refractivity contribution in [3.63, 3.8) is 0 Å². The van der Waals surface area contributed by atoms with E-state index >= 15 is 0 Å². The van der Waals surface area contributed by atoms with Gasteiger partial charge in [-0.3, -0.25) is 5.10 Å². The summed E-state index contributed by atoms with van der Waals surface area (Å²) in [4.78, 5) is 0.206. The molecule has 0 unspecified atom stereocenters. The molecule has 9 heteroatoms. The van der Waals surface area contributed by atoms with Crippen LogP contribution in [0.2, 0.25) is 0 Å². The summed E-state index contributed by atoms with van der Waals surface area (Å²) in [6, 6.07) is 15.9. The topological polar surface area (TPSA) is 107 Å². The predicted octanol–water partition coefficient (Wildman–Crippen LogP) is 3.71. The molecule has 0 spiro atoms. The lowest BCUT2D eigenvalue weighted by atomic mass is 10.1. The fraction of sp³-hybridized carbons (Fsp3) is 0.190. The quantitative estimate of drug-likeness (QED) is 0.418. The maximum atomic E-state index is 13.5. The number of H-pyrrole nitrogens is 1. The maximum absolute atomic E-state index is 13.5. The molecule has 0 saturated carbocycles. The van der Waals surface area contributed by atoms with Gasteiger partial charge in [0.15, 0.2) is 5.03 Å². The summed E-state index contributed by atoms with van der Waals surface area (Å²) < 4.78 is 38.1. The van der Waals surface area contributed by atoms with E-state index in [0.717, 1.165) is 5.39 Å². The van der Waals surface area contributed by atoms with Gasteiger partial charge in [-0.15, -0.1) is 12.4 Å². The molecule has 1 heterocycles. The average Bonchev–Trinajstić information content (AvgIpc) is 3.18. The average molecular weight is 448 g/mol. The monoisotopic (exact) mass is 447 g/mol. The normalized spacial score (nSPS) is 11.4. The molecule has 158 valence electrons. The Hall–Kier alpha value is -2.81. The molecule has 1 aromatic heterocycles. The number of benzene rings is 3. The first-order valence-electron chi connectivity index (χ1n) is 9.18. The second-order valence-corrected chi connectivity index (χ2v) is 8.38. The molecule has 0 radical (unpaired) electrons. The first-order chi connectivity index (χ1) is 14.1. The van der Waals surface area contributed by atoms with E-state index < -0.39 is 9.84 Å². The minimum absolute atomic E-state index is 0. The summed E-state index contributed by atoms with van der Waals surface area (Å²) in [5, 5.41) is 8.80. The van der Waals surface area contributed by atoms with Gasteiger partial charge in [0.05, 0.1) is 18.6 Å². The van der Waals surface area contributed by atoms with Crippen LogP contribution in [0, 0.1) is 0 Å². The minimum Gasteiger partial charge on any atom is -0.497 e. The van der Waals surface area contributed by atoms with Crippen molar-refractivity contribution in [2.45, 2.75) is 16.3 Å². The molecule has 0 saturated heterocycles. The number of sulfone groups is 1. The SMILES string of the molecule is COc1cc(OCCCN)c2[nH]nc(S(=O)(=O)c3cccc4ccccc34)c2c1.Cl. The Kier molecular flexibility index (Phi) is 6.50. The van der Waals surface area contributed by atoms with Crippen molar-refractivity contribution in [2.24, 2.45) is 5.73 Å². The fourth-order valence-corrected chi connectivity index (χ4v) is 4.84. The van der Waals surface area contributed by atoms with E-state index in [1.54, 1.807) is 30.3 Å². The molecule has 3 aromatic carbocycles. The molecule has 0 aliphatic rings. The van der Waals surface area contributed by atoms with Crippen molar-refractivity contribution in [1.82, 2.24) is 10.2 Å². The highest BCUT2D eigenvalue weighted by molar-refractivity contribution is 7.91. The van der Waals surface area contributed by atoms with Crippen LogP contribution in [0.25, 0.3) is 21.7 Å². The molecule has 0 aliphatic carbocycles. The van der Waals surface area contributed by atoms with Crippen molar-refractivity contribution in [3.05, 3.63) is 54.6 Å². The number of nitrogens with two attached hydrogens (primary N) is 1. The van der Waals surface area contributed by atoms with Gasteiger partial charge >= 0.3 is 0 Å². The summed E-state index contributed by atoms with van der Waals surface area (Å²) in [7, 11) is -2.37. The summed E-state index contributed by atoms with van der Waals surface area (Å²) in [5.41, 5.74) is 6.03. The third kappa shape index (κ3) is 3.81. The number of rotatable bonds is 7. The molecule has 7 nitrogen and oxygen atoms in total. The van der Waals surface area contributed by atoms with Gasteiger partial charge in [-0.1, -0.05) is 36.4 Å². The maximum Gasteiger partial charge on any atom is 0.226 e. The number of aromatic nitrogens is 2. The van der Waals surface area contributed by atoms with Gasteiger partial charge < -0.3 is 15.2 Å². The second kappa shape index (κ2) is 8.91. The summed E-state index contributed by atoms with van der Waals surface area (Å²) in [5.74, 6) is 0.954. The van der Waals surface area contributed by atoms with Crippen LogP contribution in [0.4, 0.5) is 0 Å². The molecule has 30 heavy (non-hydrogen) atoms. The molecule has 4 rings (SSSR count). The van der Waals surface area contributed by atoms with Gasteiger partial charge in [0, 0.05) is 16.8 Å². The molecule has 0 atom stereocenters. The van der Waals surface area contributed by atoms with E-state index in [4.69, 9.17) is 15.2 Å². The Morgan fingerprint density at radius 3 is 2.60 bits per heavy atom. The third-order valence-corrected chi connectivity index (χ3v) is 6.47. The highest BCUT2D eigenvalue weighted by Crippen LogP contribution is 2.36. The molecule has 0 fully saturated rings. The number of nitrogens with one attached hydrogen (secondary N) is 1. The molecular formula is C21H22ClN3O4S. The summed E-state index contributed by atoms with van der Waals surface area (Å²) in [6.07, 6.45) is 0.675. The lowest BCUT2D eigenvalue weighted by molar-refractivity contribution is 0.314. The molecule has 3 N–H and O–H groups in total. The lowest BCUT2D eigenvalue weighted by Gasteiger charge is -2.10. The number of fused-ring (bicyclic) bond motifs is 2. The highest BCUT2D eigenvalue weighted by atomic mass is 35.5. The standard InChI is InChI=1S/C21H21N3O4S.ClH/c1-27-15-12-17-20(18(13-15)28-11-5-10-22)23-24-21(17)29(25,26)19-9-4-7-14-6-2-3-8-16(14)19;/h2-4,6-9,12-13H,5,10-11,22H2,1H3,(H,23,24);1H. The largest absolute Gasteiger partial charge is 0.497 e. The van der Waals surface area contributed by atoms with Crippen molar-refractivity contribution < 1.29 is 17.9 Å². The van der Waals surface area contributed by atoms with Crippen molar-refractivity contribution in [2.75, 3.05) is 20.3 Å². The van der Waals surface area contributed by atoms with Crippen molar-refractivity contribution >= 4 is 43.9 Å². The Bertz CT molecular complexity index is 1280. The van der Waals surface area contributed by atoms with Crippen molar-refractivity contribution in [3.8, 4) is 11.5 Å². The number of ether oxygens (including phenoxy) is 2. The van der Waals surface area contributed by atoms with Crippen LogP contribution in [-0.2, 0) is 9.84 Å². The Morgan fingerprint density at radius 2 is 1.83 bits per heavy atom. The summed E-state index contributed by atoms with van der Waals surface area (Å²) >= 11 is 0. The molecule has 0 amide bonds. The molecule has 4 aromatic rings. The van der Waals surface area contributed by atoms with E-state index in [1.165, 1.54) is 7.11 Å². The first kappa shape index (κ1) is 21.9. The van der Waals surface area contributed by atoms with Crippen LogP contribution in [0.5, 0.6) is 11.5 Å². The number of aromatic amines is 1. The predicted molar refractivity (Wildman–Crippen MR) is 118 cm³/mol. The van der Waals surface area contributed by atoms with Gasteiger partial charge in [0.25, 0.3) is 0 Å². The van der Waals surface area contributed by atoms with E-state index in [2.05, 4.69) is 10.2 Å². The van der Waals surface area contributed by atoms with Crippen LogP contribution in [-0.4, -0.2) is 38.9 Å². The van der Waals surface area contributed by atoms with Gasteiger partial charge in [0.2, 0.25) is 9.84 Å². The highest BCUT2D eigenvalue weighted by Gasteiger charge is 2.27. The van der Waals surface area contributed by atoms with Gasteiger partial charge in [-0.25, -0.2) is 8.42 Å². The number of halogens is 1. The van der Waals surface area contributed by atoms with E-state index in [-0.39, 0.29) is 22.3 Å². The van der Waals surface area contributed by atoms with E-state index in [9.17, 15) is 8.42 Å². The lowest BCUT2D eigenvalue weighted by Crippen LogP contribution is -2.06. The van der Waals surface area contributed by atoms with Crippen LogP contribution in [0.15, 0.2) is 64.5 Å². The zero-order chi connectivity index (χ0) is 20.4. The smallest absolute Gasteiger partial charge is 0.226 e. The number of nitrogens with zero attached hydrogens (tertiary/aromatic N) is 1. The van der Waals surface area contributed by atoms with Crippen LogP contribution in [0.1, 0.15) is 6.42 Å². The Morgan fingerprint density at radius 1 is 1.07 bits per heavy atom. The van der Waals surface area contributed by atoms with E-state index in [0.29, 0.717) is 47.4 Å². The minimum atomic E-state index is -3.89. The van der Waals surface area contributed by atoms with Crippen LogP contribution < -0.4 is 15.2 Å². The Balaban J connectivity index is 0.00000256. The van der Waals surface area contributed by atoms with Gasteiger partial charge in [-0.2, -0.15) is 5.10 Å². The van der Waals surface area contributed by atoms with Crippen LogP contribution >= 0.6 is 12.4 Å². The fourth-order valence-electron chi connectivity index (χ4n) is 3.28. The van der Waals surface area contributed by atoms with Gasteiger partial charge in [0.1, 0.15) is 17.0 Å². The number of hydrogen-bond donors (Lipinski definition) is 2. The molecule has 0 aliphatic heterocycles. The third-order valence-electron chi connectivity index (χ3n) is 4.71. The second-order valence-electron chi connectivity index (χ2n) is 6.55. The Labute approximate surface area is 180 Å². The van der Waals surface area contributed by atoms with E-state index in [1.807, 2.05) is 24.3 Å².